The molecule has 2 atom stereocenters. The van der Waals surface area contributed by atoms with Crippen LogP contribution < -0.4 is 9.47 Å². The second-order valence-corrected chi connectivity index (χ2v) is 8.86. The normalized spacial score (nSPS) is 22.5. The van der Waals surface area contributed by atoms with Crippen LogP contribution in [0, 0.1) is 5.92 Å². The maximum absolute atomic E-state index is 11.6. The van der Waals surface area contributed by atoms with Gasteiger partial charge in [-0.3, -0.25) is 0 Å². The first kappa shape index (κ1) is 16.1. The molecule has 1 heterocycles. The van der Waals surface area contributed by atoms with Crippen LogP contribution >= 0.6 is 31.9 Å². The van der Waals surface area contributed by atoms with E-state index >= 15 is 0 Å². The van der Waals surface area contributed by atoms with Crippen molar-refractivity contribution >= 4 is 41.7 Å². The highest BCUT2D eigenvalue weighted by molar-refractivity contribution is 9.11. The van der Waals surface area contributed by atoms with E-state index in [9.17, 15) is 8.42 Å². The van der Waals surface area contributed by atoms with E-state index in [-0.39, 0.29) is 22.3 Å². The van der Waals surface area contributed by atoms with Gasteiger partial charge in [0, 0.05) is 9.30 Å². The highest BCUT2D eigenvalue weighted by atomic mass is 79.9. The topological polar surface area (TPSA) is 52.6 Å². The average Bonchev–Trinajstić information content (AvgIpc) is 2.78. The minimum atomic E-state index is -2.89. The Balaban J connectivity index is 2.33. The van der Waals surface area contributed by atoms with Crippen molar-refractivity contribution in [3.05, 3.63) is 22.2 Å². The van der Waals surface area contributed by atoms with Crippen molar-refractivity contribution in [1.82, 2.24) is 0 Å². The number of ether oxygens (including phenoxy) is 2. The zero-order valence-corrected chi connectivity index (χ0v) is 15.2. The van der Waals surface area contributed by atoms with Crippen LogP contribution in [0.15, 0.2) is 16.6 Å². The van der Waals surface area contributed by atoms with Gasteiger partial charge in [-0.1, -0.05) is 31.9 Å². The van der Waals surface area contributed by atoms with Crippen LogP contribution in [-0.2, 0) is 9.84 Å². The lowest BCUT2D eigenvalue weighted by Crippen LogP contribution is -2.11. The van der Waals surface area contributed by atoms with Crippen molar-refractivity contribution in [2.45, 2.75) is 11.2 Å². The summed E-state index contributed by atoms with van der Waals surface area (Å²) in [7, 11) is 0.274. The number of benzene rings is 1. The third kappa shape index (κ3) is 3.31. The summed E-state index contributed by atoms with van der Waals surface area (Å²) in [5, 5.41) is 0. The van der Waals surface area contributed by atoms with Crippen LogP contribution in [0.25, 0.3) is 0 Å². The van der Waals surface area contributed by atoms with Crippen molar-refractivity contribution in [1.29, 1.82) is 0 Å². The summed E-state index contributed by atoms with van der Waals surface area (Å²) in [6.07, 6.45) is 0.680. The highest BCUT2D eigenvalue weighted by Crippen LogP contribution is 2.44. The summed E-state index contributed by atoms with van der Waals surface area (Å²) < 4.78 is 34.6. The molecule has 0 aromatic heterocycles. The summed E-state index contributed by atoms with van der Waals surface area (Å²) in [5.74, 6) is 1.85. The Bertz CT molecular complexity index is 601. The summed E-state index contributed by atoms with van der Waals surface area (Å²) in [6, 6.07) is 3.72. The van der Waals surface area contributed by atoms with E-state index in [4.69, 9.17) is 9.47 Å². The summed E-state index contributed by atoms with van der Waals surface area (Å²) >= 11 is 7.15. The Morgan fingerprint density at radius 3 is 2.35 bits per heavy atom. The van der Waals surface area contributed by atoms with Gasteiger partial charge in [-0.25, -0.2) is 8.42 Å². The van der Waals surface area contributed by atoms with Gasteiger partial charge < -0.3 is 9.47 Å². The van der Waals surface area contributed by atoms with E-state index in [1.54, 1.807) is 14.2 Å². The molecule has 1 fully saturated rings. The van der Waals surface area contributed by atoms with Crippen LogP contribution in [0.5, 0.6) is 11.5 Å². The predicted molar refractivity (Wildman–Crippen MR) is 85.7 cm³/mol. The summed E-state index contributed by atoms with van der Waals surface area (Å²) in [5.41, 5.74) is 0.977. The van der Waals surface area contributed by atoms with Gasteiger partial charge in [-0.15, -0.1) is 0 Å². The molecule has 7 heteroatoms. The third-order valence-corrected chi connectivity index (χ3v) is 7.20. The third-order valence-electron chi connectivity index (χ3n) is 3.48. The average molecular weight is 428 g/mol. The Labute approximate surface area is 136 Å². The molecule has 0 amide bonds. The smallest absolute Gasteiger partial charge is 0.161 e. The Morgan fingerprint density at radius 1 is 1.25 bits per heavy atom. The van der Waals surface area contributed by atoms with Gasteiger partial charge in [0.1, 0.15) is 0 Å². The Hall–Kier alpha value is -0.270. The minimum absolute atomic E-state index is 0.0334. The SMILES string of the molecule is COc1cc(Br)c(C(Br)C2CCS(=O)(=O)C2)cc1OC. The first-order valence-corrected chi connectivity index (χ1v) is 9.67. The Morgan fingerprint density at radius 2 is 1.85 bits per heavy atom. The summed E-state index contributed by atoms with van der Waals surface area (Å²) in [4.78, 5) is -0.0334. The number of hydrogen-bond donors (Lipinski definition) is 0. The number of methoxy groups -OCH3 is 2. The first-order valence-electron chi connectivity index (χ1n) is 6.14. The number of sulfone groups is 1. The maximum atomic E-state index is 11.6. The lowest BCUT2D eigenvalue weighted by Gasteiger charge is -2.20. The fraction of sp³-hybridized carbons (Fsp3) is 0.538. The molecule has 1 aliphatic rings. The largest absolute Gasteiger partial charge is 0.493 e. The lowest BCUT2D eigenvalue weighted by atomic mass is 9.98. The number of alkyl halides is 1. The summed E-state index contributed by atoms with van der Waals surface area (Å²) in [6.45, 7) is 0. The van der Waals surface area contributed by atoms with E-state index in [0.717, 1.165) is 10.0 Å². The van der Waals surface area contributed by atoms with Gasteiger partial charge in [-0.05, 0) is 30.0 Å². The zero-order chi connectivity index (χ0) is 14.9. The maximum Gasteiger partial charge on any atom is 0.161 e. The fourth-order valence-electron chi connectivity index (χ4n) is 2.39. The monoisotopic (exact) mass is 426 g/mol. The molecule has 0 saturated carbocycles. The van der Waals surface area contributed by atoms with E-state index in [2.05, 4.69) is 31.9 Å². The molecule has 2 unspecified atom stereocenters. The van der Waals surface area contributed by atoms with Crippen LogP contribution in [-0.4, -0.2) is 34.1 Å². The van der Waals surface area contributed by atoms with Crippen LogP contribution in [0.4, 0.5) is 0 Å². The standard InChI is InChI=1S/C13H16Br2O4S/c1-18-11-5-9(10(14)6-12(11)19-2)13(15)8-3-4-20(16,17)7-8/h5-6,8,13H,3-4,7H2,1-2H3. The predicted octanol–water partition coefficient (Wildman–Crippen LogP) is 3.34. The molecular weight excluding hydrogens is 412 g/mol. The van der Waals surface area contributed by atoms with Crippen LogP contribution in [0.3, 0.4) is 0 Å². The molecule has 0 radical (unpaired) electrons. The second-order valence-electron chi connectivity index (χ2n) is 4.79. The van der Waals surface area contributed by atoms with Crippen molar-refractivity contribution in [3.63, 3.8) is 0 Å². The van der Waals surface area contributed by atoms with Gasteiger partial charge in [0.05, 0.1) is 25.7 Å². The molecule has 0 spiro atoms. The highest BCUT2D eigenvalue weighted by Gasteiger charge is 2.34. The van der Waals surface area contributed by atoms with Crippen LogP contribution in [0.1, 0.15) is 16.8 Å². The van der Waals surface area contributed by atoms with E-state index in [1.807, 2.05) is 12.1 Å². The van der Waals surface area contributed by atoms with Crippen molar-refractivity contribution < 1.29 is 17.9 Å². The van der Waals surface area contributed by atoms with Gasteiger partial charge in [-0.2, -0.15) is 0 Å². The van der Waals surface area contributed by atoms with Crippen molar-refractivity contribution in [2.75, 3.05) is 25.7 Å². The fourth-order valence-corrected chi connectivity index (χ4v) is 6.18. The molecule has 0 aliphatic carbocycles. The van der Waals surface area contributed by atoms with Gasteiger partial charge in [0.2, 0.25) is 0 Å². The molecule has 4 nitrogen and oxygen atoms in total. The van der Waals surface area contributed by atoms with E-state index < -0.39 is 9.84 Å². The Kier molecular flexibility index (Phi) is 5.02. The number of rotatable bonds is 4. The molecular formula is C13H16Br2O4S. The number of hydrogen-bond acceptors (Lipinski definition) is 4. The van der Waals surface area contributed by atoms with Crippen molar-refractivity contribution in [3.8, 4) is 11.5 Å². The molecule has 112 valence electrons. The molecule has 0 bridgehead atoms. The van der Waals surface area contributed by atoms with Crippen LogP contribution in [0.2, 0.25) is 0 Å². The van der Waals surface area contributed by atoms with E-state index in [0.29, 0.717) is 17.9 Å². The molecule has 1 aliphatic heterocycles. The molecule has 1 aromatic carbocycles. The van der Waals surface area contributed by atoms with Gasteiger partial charge in [0.25, 0.3) is 0 Å². The molecule has 20 heavy (non-hydrogen) atoms. The molecule has 1 aromatic rings. The number of halogens is 2. The molecule has 0 N–H and O–H groups in total. The van der Waals surface area contributed by atoms with E-state index in [1.165, 1.54) is 0 Å². The zero-order valence-electron chi connectivity index (χ0n) is 11.2. The van der Waals surface area contributed by atoms with Gasteiger partial charge >= 0.3 is 0 Å². The lowest BCUT2D eigenvalue weighted by molar-refractivity contribution is 0.354. The van der Waals surface area contributed by atoms with Crippen molar-refractivity contribution in [2.24, 2.45) is 5.92 Å². The quantitative estimate of drug-likeness (QED) is 0.691. The molecule has 2 rings (SSSR count). The minimum Gasteiger partial charge on any atom is -0.493 e. The molecule has 1 saturated heterocycles. The first-order chi connectivity index (χ1) is 9.38. The second kappa shape index (κ2) is 6.23. The van der Waals surface area contributed by atoms with Gasteiger partial charge in [0.15, 0.2) is 21.3 Å².